The lowest BCUT2D eigenvalue weighted by Crippen LogP contribution is -2.30. The van der Waals surface area contributed by atoms with Gasteiger partial charge in [-0.25, -0.2) is 8.78 Å². The molecule has 21 heavy (non-hydrogen) atoms. The van der Waals surface area contributed by atoms with Crippen LogP contribution in [0, 0.1) is 29.1 Å². The predicted molar refractivity (Wildman–Crippen MR) is 85.6 cm³/mol. The Morgan fingerprint density at radius 3 is 2.19 bits per heavy atom. The van der Waals surface area contributed by atoms with Gasteiger partial charge in [0.2, 0.25) is 5.92 Å². The Kier molecular flexibility index (Phi) is 5.36. The van der Waals surface area contributed by atoms with Crippen molar-refractivity contribution in [1.29, 1.82) is 0 Å². The van der Waals surface area contributed by atoms with E-state index in [4.69, 9.17) is 0 Å². The zero-order valence-corrected chi connectivity index (χ0v) is 14.4. The van der Waals surface area contributed by atoms with Crippen LogP contribution in [0.25, 0.3) is 0 Å². The van der Waals surface area contributed by atoms with Crippen molar-refractivity contribution >= 4 is 0 Å². The van der Waals surface area contributed by atoms with E-state index in [1.165, 1.54) is 25.7 Å². The summed E-state index contributed by atoms with van der Waals surface area (Å²) in [6.45, 7) is 9.42. The molecule has 0 saturated heterocycles. The van der Waals surface area contributed by atoms with E-state index < -0.39 is 5.92 Å². The molecule has 0 spiro atoms. The Hall–Kier alpha value is -0.140. The van der Waals surface area contributed by atoms with Gasteiger partial charge in [0.25, 0.3) is 0 Å². The summed E-state index contributed by atoms with van der Waals surface area (Å²) in [6.07, 6.45) is 8.33. The maximum atomic E-state index is 13.3. The summed E-state index contributed by atoms with van der Waals surface area (Å²) < 4.78 is 26.6. The lowest BCUT2D eigenvalue weighted by molar-refractivity contribution is -0.0517. The van der Waals surface area contributed by atoms with E-state index in [9.17, 15) is 8.78 Å². The van der Waals surface area contributed by atoms with E-state index in [2.05, 4.69) is 27.7 Å². The van der Waals surface area contributed by atoms with Crippen LogP contribution in [0.2, 0.25) is 0 Å². The maximum absolute atomic E-state index is 13.3. The van der Waals surface area contributed by atoms with Gasteiger partial charge in [0.05, 0.1) is 0 Å². The van der Waals surface area contributed by atoms with Crippen molar-refractivity contribution in [2.24, 2.45) is 29.1 Å². The first-order valence-corrected chi connectivity index (χ1v) is 9.06. The second-order valence-electron chi connectivity index (χ2n) is 9.00. The SMILES string of the molecule is CC(C)CC1CCC(C(C)(C)CC2CCC(F)(F)CC2)C1. The first kappa shape index (κ1) is 17.2. The Bertz CT molecular complexity index is 322. The van der Waals surface area contributed by atoms with Crippen LogP contribution in [0.3, 0.4) is 0 Å². The van der Waals surface area contributed by atoms with E-state index in [0.29, 0.717) is 11.3 Å². The summed E-state index contributed by atoms with van der Waals surface area (Å²) in [5.74, 6) is 0.672. The van der Waals surface area contributed by atoms with Crippen LogP contribution in [-0.2, 0) is 0 Å². The molecule has 0 N–H and O–H groups in total. The molecule has 124 valence electrons. The minimum atomic E-state index is -2.38. The molecule has 0 aliphatic heterocycles. The fourth-order valence-corrected chi connectivity index (χ4v) is 4.88. The average Bonchev–Trinajstić information content (AvgIpc) is 2.80. The van der Waals surface area contributed by atoms with E-state index in [1.54, 1.807) is 0 Å². The van der Waals surface area contributed by atoms with Crippen LogP contribution >= 0.6 is 0 Å². The van der Waals surface area contributed by atoms with Crippen LogP contribution < -0.4 is 0 Å². The molecule has 0 nitrogen and oxygen atoms in total. The summed E-state index contributed by atoms with van der Waals surface area (Å²) in [6, 6.07) is 0. The first-order valence-electron chi connectivity index (χ1n) is 9.06. The lowest BCUT2D eigenvalue weighted by Gasteiger charge is -2.38. The molecule has 2 aliphatic carbocycles. The molecule has 2 unspecified atom stereocenters. The molecule has 2 atom stereocenters. The molecule has 0 amide bonds. The molecule has 2 fully saturated rings. The van der Waals surface area contributed by atoms with Gasteiger partial charge in [0, 0.05) is 12.8 Å². The highest BCUT2D eigenvalue weighted by Gasteiger charge is 2.40. The second kappa shape index (κ2) is 6.54. The lowest BCUT2D eigenvalue weighted by atomic mass is 9.68. The van der Waals surface area contributed by atoms with Gasteiger partial charge in [-0.3, -0.25) is 0 Å². The monoisotopic (exact) mass is 300 g/mol. The van der Waals surface area contributed by atoms with Crippen LogP contribution in [0.1, 0.15) is 85.5 Å². The van der Waals surface area contributed by atoms with Gasteiger partial charge in [0.15, 0.2) is 0 Å². The highest BCUT2D eigenvalue weighted by Crippen LogP contribution is 2.49. The highest BCUT2D eigenvalue weighted by molar-refractivity contribution is 4.89. The fourth-order valence-electron chi connectivity index (χ4n) is 4.88. The normalized spacial score (nSPS) is 31.0. The van der Waals surface area contributed by atoms with Gasteiger partial charge < -0.3 is 0 Å². The van der Waals surface area contributed by atoms with Crippen molar-refractivity contribution in [3.63, 3.8) is 0 Å². The molecule has 0 radical (unpaired) electrons. The summed E-state index contributed by atoms with van der Waals surface area (Å²) in [7, 11) is 0. The largest absolute Gasteiger partial charge is 0.248 e. The van der Waals surface area contributed by atoms with Crippen LogP contribution in [-0.4, -0.2) is 5.92 Å². The van der Waals surface area contributed by atoms with E-state index in [0.717, 1.165) is 37.0 Å². The van der Waals surface area contributed by atoms with E-state index >= 15 is 0 Å². The quantitative estimate of drug-likeness (QED) is 0.530. The number of alkyl halides is 2. The van der Waals surface area contributed by atoms with Gasteiger partial charge in [-0.05, 0) is 67.6 Å². The molecule has 2 heteroatoms. The Morgan fingerprint density at radius 2 is 1.62 bits per heavy atom. The van der Waals surface area contributed by atoms with Gasteiger partial charge in [-0.15, -0.1) is 0 Å². The molecular weight excluding hydrogens is 266 g/mol. The third-order valence-corrected chi connectivity index (χ3v) is 6.10. The van der Waals surface area contributed by atoms with Crippen molar-refractivity contribution in [3.05, 3.63) is 0 Å². The number of rotatable bonds is 5. The summed E-state index contributed by atoms with van der Waals surface area (Å²) in [5, 5.41) is 0. The smallest absolute Gasteiger partial charge is 0.207 e. The topological polar surface area (TPSA) is 0 Å². The van der Waals surface area contributed by atoms with E-state index in [1.807, 2.05) is 0 Å². The maximum Gasteiger partial charge on any atom is 0.248 e. The number of halogens is 2. The third kappa shape index (κ3) is 4.93. The van der Waals surface area contributed by atoms with E-state index in [-0.39, 0.29) is 12.8 Å². The molecular formula is C19H34F2. The van der Waals surface area contributed by atoms with Crippen molar-refractivity contribution in [2.75, 3.05) is 0 Å². The van der Waals surface area contributed by atoms with Crippen molar-refractivity contribution in [3.8, 4) is 0 Å². The molecule has 0 aromatic heterocycles. The molecule has 0 aromatic rings. The second-order valence-corrected chi connectivity index (χ2v) is 9.00. The zero-order chi connectivity index (χ0) is 15.7. The molecule has 2 rings (SSSR count). The van der Waals surface area contributed by atoms with Crippen molar-refractivity contribution in [1.82, 2.24) is 0 Å². The minimum absolute atomic E-state index is 0.119. The highest BCUT2D eigenvalue weighted by atomic mass is 19.3. The van der Waals surface area contributed by atoms with Crippen molar-refractivity contribution < 1.29 is 8.78 Å². The third-order valence-electron chi connectivity index (χ3n) is 6.10. The molecule has 0 heterocycles. The molecule has 2 saturated carbocycles. The zero-order valence-electron chi connectivity index (χ0n) is 14.4. The Labute approximate surface area is 130 Å². The van der Waals surface area contributed by atoms with Gasteiger partial charge in [-0.1, -0.05) is 34.1 Å². The average molecular weight is 300 g/mol. The summed E-state index contributed by atoms with van der Waals surface area (Å²) >= 11 is 0. The first-order chi connectivity index (χ1) is 9.68. The van der Waals surface area contributed by atoms with Crippen molar-refractivity contribution in [2.45, 2.75) is 91.4 Å². The van der Waals surface area contributed by atoms with Gasteiger partial charge >= 0.3 is 0 Å². The predicted octanol–water partition coefficient (Wildman–Crippen LogP) is 6.69. The molecule has 0 aromatic carbocycles. The van der Waals surface area contributed by atoms with Gasteiger partial charge in [-0.2, -0.15) is 0 Å². The Morgan fingerprint density at radius 1 is 1.00 bits per heavy atom. The summed E-state index contributed by atoms with van der Waals surface area (Å²) in [4.78, 5) is 0. The molecule has 2 aliphatic rings. The van der Waals surface area contributed by atoms with Gasteiger partial charge in [0.1, 0.15) is 0 Å². The van der Waals surface area contributed by atoms with Crippen LogP contribution in [0.4, 0.5) is 8.78 Å². The standard InChI is InChI=1S/C19H34F2/c1-14(2)11-16-5-6-17(12-16)18(3,4)13-15-7-9-19(20,21)10-8-15/h14-17H,5-13H2,1-4H3. The van der Waals surface area contributed by atoms with Crippen LogP contribution in [0.15, 0.2) is 0 Å². The minimum Gasteiger partial charge on any atom is -0.207 e. The molecule has 0 bridgehead atoms. The fraction of sp³-hybridized carbons (Fsp3) is 1.00. The summed E-state index contributed by atoms with van der Waals surface area (Å²) in [5.41, 5.74) is 0.336. The Balaban J connectivity index is 1.82. The number of hydrogen-bond donors (Lipinski definition) is 0. The number of hydrogen-bond acceptors (Lipinski definition) is 0. The van der Waals surface area contributed by atoms with Crippen LogP contribution in [0.5, 0.6) is 0 Å².